The zero-order chi connectivity index (χ0) is 22.9. The zero-order valence-corrected chi connectivity index (χ0v) is 18.1. The number of carbonyl (C=O) groups excluding carboxylic acids is 2. The lowest BCUT2D eigenvalue weighted by Crippen LogP contribution is -2.45. The van der Waals surface area contributed by atoms with Crippen LogP contribution in [-0.2, 0) is 26.2 Å². The second kappa shape index (κ2) is 8.64. The van der Waals surface area contributed by atoms with Crippen LogP contribution < -0.4 is 4.90 Å². The van der Waals surface area contributed by atoms with Crippen molar-refractivity contribution >= 4 is 27.5 Å². The Morgan fingerprint density at radius 1 is 0.938 bits per heavy atom. The van der Waals surface area contributed by atoms with Crippen molar-refractivity contribution in [3.05, 3.63) is 95.8 Å². The molecule has 8 heteroatoms. The molecule has 32 heavy (non-hydrogen) atoms. The second-order valence-corrected chi connectivity index (χ2v) is 9.50. The Morgan fingerprint density at radius 3 is 2.19 bits per heavy atom. The number of halogens is 1. The van der Waals surface area contributed by atoms with Gasteiger partial charge in [0.15, 0.2) is 0 Å². The molecule has 4 rings (SSSR count). The van der Waals surface area contributed by atoms with Crippen molar-refractivity contribution in [2.75, 3.05) is 4.90 Å². The fourth-order valence-corrected chi connectivity index (χ4v) is 5.24. The van der Waals surface area contributed by atoms with E-state index < -0.39 is 33.7 Å². The molecule has 0 radical (unpaired) electrons. The Morgan fingerprint density at radius 2 is 1.56 bits per heavy atom. The third kappa shape index (κ3) is 4.19. The van der Waals surface area contributed by atoms with Crippen molar-refractivity contribution in [2.24, 2.45) is 0 Å². The lowest BCUT2D eigenvalue weighted by atomic mass is 10.2. The van der Waals surface area contributed by atoms with Gasteiger partial charge in [-0.25, -0.2) is 17.7 Å². The Hall–Kier alpha value is -3.36. The number of nitrogens with zero attached hydrogens (tertiary/aromatic N) is 2. The van der Waals surface area contributed by atoms with Gasteiger partial charge in [-0.15, -0.1) is 0 Å². The summed E-state index contributed by atoms with van der Waals surface area (Å²) < 4.78 is 41.5. The summed E-state index contributed by atoms with van der Waals surface area (Å²) in [6.07, 6.45) is -0.297. The Kier molecular flexibility index (Phi) is 5.90. The van der Waals surface area contributed by atoms with E-state index in [1.165, 1.54) is 24.3 Å². The third-order valence-corrected chi connectivity index (χ3v) is 7.23. The maximum Gasteiger partial charge on any atom is 0.252 e. The molecule has 3 aromatic carbocycles. The maximum absolute atomic E-state index is 13.6. The predicted octanol–water partition coefficient (Wildman–Crippen LogP) is 3.66. The number of hydrogen-bond acceptors (Lipinski definition) is 4. The summed E-state index contributed by atoms with van der Waals surface area (Å²) >= 11 is 0. The lowest BCUT2D eigenvalue weighted by Gasteiger charge is -2.27. The standard InChI is InChI=1S/C24H21FN2O4S/c1-17-7-13-21(14-8-17)32(30,31)26(16-18-5-3-2-4-6-18)22-15-23(28)27(24(22)29)20-11-9-19(25)10-12-20/h2-14,22H,15-16H2,1H3. The Balaban J connectivity index is 1.74. The third-order valence-electron chi connectivity index (χ3n) is 5.36. The normalized spacial score (nSPS) is 16.7. The molecule has 1 saturated heterocycles. The monoisotopic (exact) mass is 452 g/mol. The first-order valence-corrected chi connectivity index (χ1v) is 11.5. The maximum atomic E-state index is 13.6. The Bertz CT molecular complexity index is 1240. The summed E-state index contributed by atoms with van der Waals surface area (Å²) in [4.78, 5) is 27.0. The van der Waals surface area contributed by atoms with E-state index in [2.05, 4.69) is 0 Å². The molecule has 1 aliphatic rings. The van der Waals surface area contributed by atoms with Gasteiger partial charge in [0, 0.05) is 6.54 Å². The molecule has 3 aromatic rings. The van der Waals surface area contributed by atoms with Crippen molar-refractivity contribution in [2.45, 2.75) is 30.8 Å². The number of amides is 2. The number of hydrogen-bond donors (Lipinski definition) is 0. The van der Waals surface area contributed by atoms with Crippen LogP contribution in [0.2, 0.25) is 0 Å². The highest BCUT2D eigenvalue weighted by Crippen LogP contribution is 2.30. The van der Waals surface area contributed by atoms with Gasteiger partial charge in [-0.1, -0.05) is 48.0 Å². The number of benzene rings is 3. The first kappa shape index (κ1) is 21.9. The van der Waals surface area contributed by atoms with E-state index in [1.54, 1.807) is 36.4 Å². The van der Waals surface area contributed by atoms with Crippen molar-refractivity contribution < 1.29 is 22.4 Å². The molecule has 0 spiro atoms. The molecule has 1 atom stereocenters. The largest absolute Gasteiger partial charge is 0.274 e. The van der Waals surface area contributed by atoms with Crippen LogP contribution in [0.3, 0.4) is 0 Å². The predicted molar refractivity (Wildman–Crippen MR) is 118 cm³/mol. The first-order chi connectivity index (χ1) is 15.3. The molecular formula is C24H21FN2O4S. The van der Waals surface area contributed by atoms with Gasteiger partial charge in [0.05, 0.1) is 17.0 Å². The summed E-state index contributed by atoms with van der Waals surface area (Å²) in [6.45, 7) is 1.77. The van der Waals surface area contributed by atoms with E-state index in [0.29, 0.717) is 5.56 Å². The minimum Gasteiger partial charge on any atom is -0.274 e. The molecule has 0 N–H and O–H groups in total. The molecule has 0 aliphatic carbocycles. The van der Waals surface area contributed by atoms with E-state index in [1.807, 2.05) is 13.0 Å². The second-order valence-electron chi connectivity index (χ2n) is 7.61. The van der Waals surface area contributed by atoms with Crippen LogP contribution >= 0.6 is 0 Å². The molecule has 2 amide bonds. The molecule has 1 fully saturated rings. The summed E-state index contributed by atoms with van der Waals surface area (Å²) in [6, 6.07) is 18.9. The number of imide groups is 1. The molecule has 0 bridgehead atoms. The van der Waals surface area contributed by atoms with E-state index in [-0.39, 0.29) is 23.5 Å². The average Bonchev–Trinajstić information content (AvgIpc) is 3.07. The Labute approximate surface area is 185 Å². The van der Waals surface area contributed by atoms with Crippen molar-refractivity contribution in [3.63, 3.8) is 0 Å². The molecule has 0 aromatic heterocycles. The summed E-state index contributed by atoms with van der Waals surface area (Å²) in [5.41, 5.74) is 1.79. The van der Waals surface area contributed by atoms with Crippen molar-refractivity contribution in [1.29, 1.82) is 0 Å². The van der Waals surface area contributed by atoms with Crippen LogP contribution in [0.25, 0.3) is 0 Å². The smallest absolute Gasteiger partial charge is 0.252 e. The summed E-state index contributed by atoms with van der Waals surface area (Å²) in [5, 5.41) is 0. The van der Waals surface area contributed by atoms with Crippen LogP contribution in [0.5, 0.6) is 0 Å². The zero-order valence-electron chi connectivity index (χ0n) is 17.3. The van der Waals surface area contributed by atoms with Gasteiger partial charge in [0.2, 0.25) is 15.9 Å². The van der Waals surface area contributed by atoms with Gasteiger partial charge >= 0.3 is 0 Å². The highest BCUT2D eigenvalue weighted by atomic mass is 32.2. The highest BCUT2D eigenvalue weighted by molar-refractivity contribution is 7.89. The van der Waals surface area contributed by atoms with Gasteiger partial charge in [0.25, 0.3) is 5.91 Å². The van der Waals surface area contributed by atoms with Gasteiger partial charge in [-0.2, -0.15) is 4.31 Å². The minimum atomic E-state index is -4.09. The summed E-state index contributed by atoms with van der Waals surface area (Å²) in [5.74, 6) is -1.70. The van der Waals surface area contributed by atoms with Gasteiger partial charge in [0.1, 0.15) is 11.9 Å². The fourth-order valence-electron chi connectivity index (χ4n) is 3.67. The minimum absolute atomic E-state index is 0.0412. The average molecular weight is 453 g/mol. The van der Waals surface area contributed by atoms with Crippen LogP contribution in [0.15, 0.2) is 83.8 Å². The molecular weight excluding hydrogens is 431 g/mol. The quantitative estimate of drug-likeness (QED) is 0.535. The number of rotatable bonds is 6. The molecule has 0 saturated carbocycles. The SMILES string of the molecule is Cc1ccc(S(=O)(=O)N(Cc2ccccc2)C2CC(=O)N(c3ccc(F)cc3)C2=O)cc1. The molecule has 1 aliphatic heterocycles. The number of anilines is 1. The van der Waals surface area contributed by atoms with E-state index >= 15 is 0 Å². The van der Waals surface area contributed by atoms with Gasteiger partial charge in [-0.3, -0.25) is 9.59 Å². The van der Waals surface area contributed by atoms with Gasteiger partial charge < -0.3 is 0 Å². The number of sulfonamides is 1. The summed E-state index contributed by atoms with van der Waals surface area (Å²) in [7, 11) is -4.09. The lowest BCUT2D eigenvalue weighted by molar-refractivity contribution is -0.122. The number of carbonyl (C=O) groups is 2. The van der Waals surface area contributed by atoms with Crippen LogP contribution in [-0.4, -0.2) is 30.6 Å². The van der Waals surface area contributed by atoms with E-state index in [4.69, 9.17) is 0 Å². The fraction of sp³-hybridized carbons (Fsp3) is 0.167. The van der Waals surface area contributed by atoms with Gasteiger partial charge in [-0.05, 0) is 48.9 Å². The van der Waals surface area contributed by atoms with Crippen LogP contribution in [0, 0.1) is 12.7 Å². The van der Waals surface area contributed by atoms with E-state index in [9.17, 15) is 22.4 Å². The highest BCUT2D eigenvalue weighted by Gasteiger charge is 2.47. The molecule has 1 heterocycles. The van der Waals surface area contributed by atoms with E-state index in [0.717, 1.165) is 26.9 Å². The topological polar surface area (TPSA) is 74.8 Å². The number of aryl methyl sites for hydroxylation is 1. The molecule has 6 nitrogen and oxygen atoms in total. The van der Waals surface area contributed by atoms with Crippen molar-refractivity contribution in [3.8, 4) is 0 Å². The molecule has 164 valence electrons. The molecule has 1 unspecified atom stereocenters. The van der Waals surface area contributed by atoms with Crippen LogP contribution in [0.4, 0.5) is 10.1 Å². The van der Waals surface area contributed by atoms with Crippen molar-refractivity contribution in [1.82, 2.24) is 4.31 Å². The van der Waals surface area contributed by atoms with Crippen LogP contribution in [0.1, 0.15) is 17.5 Å². The first-order valence-electron chi connectivity index (χ1n) is 10.0.